The number of amidine groups is 1. The van der Waals surface area contributed by atoms with Crippen molar-refractivity contribution in [2.45, 2.75) is 31.2 Å². The van der Waals surface area contributed by atoms with Gasteiger partial charge in [0, 0.05) is 29.7 Å². The van der Waals surface area contributed by atoms with E-state index in [2.05, 4.69) is 9.38 Å². The summed E-state index contributed by atoms with van der Waals surface area (Å²) in [6.45, 7) is 3.17. The predicted molar refractivity (Wildman–Crippen MR) is 129 cm³/mol. The molecule has 1 saturated heterocycles. The number of amides is 1. The van der Waals surface area contributed by atoms with E-state index in [1.54, 1.807) is 41.3 Å². The number of aryl methyl sites for hydroxylation is 1. The standard InChI is InChI=1S/C24H23FN4O3S2/c1-16-26-19(15-33-16)14-29(20-10-8-18(25)9-11-20)24(30)17-5-4-12-28(13-17)23-21-6-2-3-7-22(21)34(31,32)27-23/h2-3,6-11,15,17H,4-5,12-14H2,1H3. The molecule has 1 amide bonds. The first-order valence-corrected chi connectivity index (χ1v) is 13.3. The van der Waals surface area contributed by atoms with E-state index in [1.165, 1.54) is 23.5 Å². The lowest BCUT2D eigenvalue weighted by molar-refractivity contribution is -0.123. The molecule has 34 heavy (non-hydrogen) atoms. The maximum absolute atomic E-state index is 13.8. The van der Waals surface area contributed by atoms with Crippen LogP contribution in [-0.2, 0) is 21.4 Å². The van der Waals surface area contributed by atoms with Crippen LogP contribution in [-0.4, -0.2) is 43.1 Å². The third-order valence-electron chi connectivity index (χ3n) is 6.07. The van der Waals surface area contributed by atoms with Crippen LogP contribution < -0.4 is 4.90 Å². The first-order chi connectivity index (χ1) is 16.3. The molecule has 3 heterocycles. The summed E-state index contributed by atoms with van der Waals surface area (Å²) >= 11 is 1.51. The molecule has 0 spiro atoms. The summed E-state index contributed by atoms with van der Waals surface area (Å²) in [4.78, 5) is 22.0. The number of likely N-dealkylation sites (tertiary alicyclic amines) is 1. The monoisotopic (exact) mass is 498 g/mol. The summed E-state index contributed by atoms with van der Waals surface area (Å²) in [7, 11) is -3.74. The zero-order valence-corrected chi connectivity index (χ0v) is 20.2. The number of hydrogen-bond donors (Lipinski definition) is 0. The summed E-state index contributed by atoms with van der Waals surface area (Å²) in [6, 6.07) is 12.6. The van der Waals surface area contributed by atoms with Crippen molar-refractivity contribution in [1.82, 2.24) is 9.88 Å². The second-order valence-electron chi connectivity index (χ2n) is 8.43. The van der Waals surface area contributed by atoms with Crippen LogP contribution in [0.25, 0.3) is 0 Å². The van der Waals surface area contributed by atoms with Gasteiger partial charge >= 0.3 is 0 Å². The lowest BCUT2D eigenvalue weighted by Gasteiger charge is -2.36. The number of anilines is 1. The van der Waals surface area contributed by atoms with Crippen LogP contribution >= 0.6 is 11.3 Å². The Morgan fingerprint density at radius 2 is 1.97 bits per heavy atom. The van der Waals surface area contributed by atoms with Crippen molar-refractivity contribution in [1.29, 1.82) is 0 Å². The molecular weight excluding hydrogens is 475 g/mol. The predicted octanol–water partition coefficient (Wildman–Crippen LogP) is 3.98. The maximum atomic E-state index is 13.8. The highest BCUT2D eigenvalue weighted by Crippen LogP contribution is 2.31. The van der Waals surface area contributed by atoms with Crippen molar-refractivity contribution < 1.29 is 17.6 Å². The van der Waals surface area contributed by atoms with E-state index in [0.717, 1.165) is 17.1 Å². The first kappa shape index (κ1) is 22.7. The van der Waals surface area contributed by atoms with E-state index in [9.17, 15) is 17.6 Å². The number of benzene rings is 2. The first-order valence-electron chi connectivity index (χ1n) is 11.0. The molecule has 5 rings (SSSR count). The number of halogens is 1. The zero-order chi connectivity index (χ0) is 23.9. The Morgan fingerprint density at radius 3 is 2.71 bits per heavy atom. The summed E-state index contributed by atoms with van der Waals surface area (Å²) in [5.41, 5.74) is 1.94. The van der Waals surface area contributed by atoms with Gasteiger partial charge in [-0.1, -0.05) is 12.1 Å². The highest BCUT2D eigenvalue weighted by atomic mass is 32.2. The minimum absolute atomic E-state index is 0.100. The molecular formula is C24H23FN4O3S2. The van der Waals surface area contributed by atoms with Gasteiger partial charge in [-0.25, -0.2) is 9.37 Å². The highest BCUT2D eigenvalue weighted by molar-refractivity contribution is 7.90. The Bertz CT molecular complexity index is 1370. The Kier molecular flexibility index (Phi) is 5.95. The Balaban J connectivity index is 1.42. The topological polar surface area (TPSA) is 82.9 Å². The highest BCUT2D eigenvalue weighted by Gasteiger charge is 2.36. The molecule has 0 radical (unpaired) electrons. The van der Waals surface area contributed by atoms with Gasteiger partial charge in [0.2, 0.25) is 5.91 Å². The molecule has 10 heteroatoms. The van der Waals surface area contributed by atoms with Gasteiger partial charge in [0.1, 0.15) is 10.7 Å². The van der Waals surface area contributed by atoms with Crippen molar-refractivity contribution in [2.24, 2.45) is 10.3 Å². The number of carbonyl (C=O) groups excluding carboxylic acids is 1. The van der Waals surface area contributed by atoms with Gasteiger partial charge in [-0.05, 0) is 56.2 Å². The van der Waals surface area contributed by atoms with Crippen molar-refractivity contribution in [3.05, 3.63) is 76.0 Å². The van der Waals surface area contributed by atoms with E-state index in [-0.39, 0.29) is 29.1 Å². The molecule has 7 nitrogen and oxygen atoms in total. The molecule has 1 fully saturated rings. The number of piperidine rings is 1. The molecule has 0 N–H and O–H groups in total. The van der Waals surface area contributed by atoms with E-state index >= 15 is 0 Å². The van der Waals surface area contributed by atoms with Gasteiger partial charge in [-0.15, -0.1) is 15.7 Å². The van der Waals surface area contributed by atoms with Gasteiger partial charge in [0.05, 0.1) is 23.2 Å². The van der Waals surface area contributed by atoms with Crippen LogP contribution in [0.4, 0.5) is 10.1 Å². The van der Waals surface area contributed by atoms with Crippen LogP contribution in [0.15, 0.2) is 63.2 Å². The average Bonchev–Trinajstić information content (AvgIpc) is 3.38. The Labute approximate surface area is 201 Å². The van der Waals surface area contributed by atoms with E-state index in [1.807, 2.05) is 17.2 Å². The smallest absolute Gasteiger partial charge is 0.285 e. The number of hydrogen-bond acceptors (Lipinski definition) is 6. The zero-order valence-electron chi connectivity index (χ0n) is 18.5. The molecule has 1 unspecified atom stereocenters. The second kappa shape index (κ2) is 8.92. The van der Waals surface area contributed by atoms with Gasteiger partial charge in [-0.3, -0.25) is 4.79 Å². The largest absolute Gasteiger partial charge is 0.355 e. The summed E-state index contributed by atoms with van der Waals surface area (Å²) in [6.07, 6.45) is 1.40. The maximum Gasteiger partial charge on any atom is 0.285 e. The minimum Gasteiger partial charge on any atom is -0.355 e. The molecule has 2 aliphatic rings. The fourth-order valence-corrected chi connectivity index (χ4v) is 6.30. The van der Waals surface area contributed by atoms with Gasteiger partial charge < -0.3 is 9.80 Å². The van der Waals surface area contributed by atoms with Gasteiger partial charge in [0.25, 0.3) is 10.0 Å². The number of thiazole rings is 1. The Hall–Kier alpha value is -3.11. The van der Waals surface area contributed by atoms with E-state index in [0.29, 0.717) is 36.6 Å². The normalized spacial score (nSPS) is 18.9. The van der Waals surface area contributed by atoms with Crippen molar-refractivity contribution >= 4 is 38.8 Å². The number of nitrogens with zero attached hydrogens (tertiary/aromatic N) is 4. The lowest BCUT2D eigenvalue weighted by atomic mass is 9.95. The fraction of sp³-hybridized carbons (Fsp3) is 0.292. The van der Waals surface area contributed by atoms with Crippen LogP contribution in [0, 0.1) is 18.7 Å². The molecule has 0 saturated carbocycles. The third-order valence-corrected chi connectivity index (χ3v) is 8.22. The van der Waals surface area contributed by atoms with E-state index < -0.39 is 10.0 Å². The lowest BCUT2D eigenvalue weighted by Crippen LogP contribution is -2.46. The molecule has 0 aliphatic carbocycles. The quantitative estimate of drug-likeness (QED) is 0.543. The second-order valence-corrected chi connectivity index (χ2v) is 11.1. The van der Waals surface area contributed by atoms with Crippen molar-refractivity contribution in [3.63, 3.8) is 0 Å². The summed E-state index contributed by atoms with van der Waals surface area (Å²) in [5.74, 6) is -0.437. The SMILES string of the molecule is Cc1nc(CN(C(=O)C2CCCN(C3=NS(=O)(=O)c4ccccc43)C2)c2ccc(F)cc2)cs1. The molecule has 0 bridgehead atoms. The molecule has 3 aromatic rings. The van der Waals surface area contributed by atoms with E-state index in [4.69, 9.17) is 0 Å². The number of rotatable bonds is 4. The fourth-order valence-electron chi connectivity index (χ4n) is 4.47. The van der Waals surface area contributed by atoms with Gasteiger partial charge in [-0.2, -0.15) is 8.42 Å². The average molecular weight is 499 g/mol. The molecule has 2 aliphatic heterocycles. The number of fused-ring (bicyclic) bond motifs is 1. The summed E-state index contributed by atoms with van der Waals surface area (Å²) in [5, 5.41) is 2.82. The molecule has 1 aromatic heterocycles. The number of aromatic nitrogens is 1. The molecule has 1 atom stereocenters. The van der Waals surface area contributed by atoms with Gasteiger partial charge in [0.15, 0.2) is 5.84 Å². The third kappa shape index (κ3) is 4.35. The van der Waals surface area contributed by atoms with Crippen LogP contribution in [0.3, 0.4) is 0 Å². The number of carbonyl (C=O) groups is 1. The van der Waals surface area contributed by atoms with Crippen molar-refractivity contribution in [2.75, 3.05) is 18.0 Å². The summed E-state index contributed by atoms with van der Waals surface area (Å²) < 4.78 is 42.6. The number of sulfonamides is 1. The Morgan fingerprint density at radius 1 is 1.21 bits per heavy atom. The molecule has 176 valence electrons. The van der Waals surface area contributed by atoms with Crippen molar-refractivity contribution in [3.8, 4) is 0 Å². The van der Waals surface area contributed by atoms with Crippen LogP contribution in [0.5, 0.6) is 0 Å². The van der Waals surface area contributed by atoms with Crippen LogP contribution in [0.1, 0.15) is 29.1 Å². The van der Waals surface area contributed by atoms with Crippen LogP contribution in [0.2, 0.25) is 0 Å². The minimum atomic E-state index is -3.74. The molecule has 2 aromatic carbocycles.